The summed E-state index contributed by atoms with van der Waals surface area (Å²) in [6.45, 7) is 8.91. The van der Waals surface area contributed by atoms with Crippen LogP contribution in [0.5, 0.6) is 11.5 Å². The fraction of sp³-hybridized carbons (Fsp3) is 0.361. The fourth-order valence-corrected chi connectivity index (χ4v) is 6.97. The van der Waals surface area contributed by atoms with Gasteiger partial charge in [0, 0.05) is 27.8 Å². The zero-order valence-electron chi connectivity index (χ0n) is 27.6. The lowest BCUT2D eigenvalue weighted by atomic mass is 9.93. The molecule has 1 amide bonds. The molecule has 0 bridgehead atoms. The number of esters is 1. The Morgan fingerprint density at radius 1 is 0.979 bits per heavy atom. The maximum absolute atomic E-state index is 13.5. The van der Waals surface area contributed by atoms with Crippen LogP contribution in [0.15, 0.2) is 77.0 Å². The van der Waals surface area contributed by atoms with Crippen molar-refractivity contribution in [2.24, 2.45) is 0 Å². The minimum Gasteiger partial charge on any atom is -0.491 e. The Morgan fingerprint density at radius 2 is 1.75 bits per heavy atom. The summed E-state index contributed by atoms with van der Waals surface area (Å²) in [5, 5.41) is 6.29. The van der Waals surface area contributed by atoms with Crippen LogP contribution < -0.4 is 14.8 Å². The quantitative estimate of drug-likeness (QED) is 0.0915. The molecule has 256 valence electrons. The maximum atomic E-state index is 13.5. The topological polar surface area (TPSA) is 121 Å². The van der Waals surface area contributed by atoms with Crippen molar-refractivity contribution in [3.8, 4) is 11.5 Å². The zero-order valence-corrected chi connectivity index (χ0v) is 30.0. The van der Waals surface area contributed by atoms with Gasteiger partial charge in [-0.25, -0.2) is 13.4 Å². The van der Waals surface area contributed by atoms with Crippen LogP contribution >= 0.6 is 22.9 Å². The number of sulfone groups is 1. The molecule has 0 saturated carbocycles. The maximum Gasteiger partial charge on any atom is 0.305 e. The molecule has 0 atom stereocenters. The van der Waals surface area contributed by atoms with Crippen LogP contribution in [0.1, 0.15) is 73.6 Å². The van der Waals surface area contributed by atoms with Crippen LogP contribution in [0.2, 0.25) is 5.02 Å². The van der Waals surface area contributed by atoms with Gasteiger partial charge in [0.05, 0.1) is 35.2 Å². The van der Waals surface area contributed by atoms with E-state index in [2.05, 4.69) is 31.1 Å². The van der Waals surface area contributed by atoms with Gasteiger partial charge in [0.25, 0.3) is 5.91 Å². The van der Waals surface area contributed by atoms with E-state index < -0.39 is 9.84 Å². The summed E-state index contributed by atoms with van der Waals surface area (Å²) in [7, 11) is -3.48. The van der Waals surface area contributed by atoms with E-state index in [9.17, 15) is 18.0 Å². The molecular formula is C36H41ClN2O7S2. The summed E-state index contributed by atoms with van der Waals surface area (Å²) in [4.78, 5) is 30.1. The summed E-state index contributed by atoms with van der Waals surface area (Å²) in [5.74, 6) is 0.235. The van der Waals surface area contributed by atoms with E-state index in [4.69, 9.17) is 25.8 Å². The van der Waals surface area contributed by atoms with Gasteiger partial charge in [0.1, 0.15) is 23.1 Å². The van der Waals surface area contributed by atoms with E-state index in [-0.39, 0.29) is 47.6 Å². The first-order valence-corrected chi connectivity index (χ1v) is 18.6. The smallest absolute Gasteiger partial charge is 0.305 e. The molecule has 0 aliphatic rings. The van der Waals surface area contributed by atoms with Crippen molar-refractivity contribution in [2.75, 3.05) is 24.3 Å². The average molecular weight is 713 g/mol. The van der Waals surface area contributed by atoms with Crippen LogP contribution in [-0.2, 0) is 37.8 Å². The summed E-state index contributed by atoms with van der Waals surface area (Å²) >= 11 is 7.45. The summed E-state index contributed by atoms with van der Waals surface area (Å²) in [6.07, 6.45) is 1.47. The standard InChI is InChI=1S/C36H41ClN2O7S2/c1-5-44-34(40)12-7-19-45-31-18-13-25(9-8-20-48(42,43)29-16-14-27(37)15-17-29)21-30(31)38-35(41)26-10-6-11-28(22-26)46-23-33-39-32(24-47-33)36(2,3)4/h6,10-11,13-18,21-22,24H,5,7-9,12,19-20,23H2,1-4H3,(H,38,41). The van der Waals surface area contributed by atoms with Crippen molar-refractivity contribution >= 4 is 50.3 Å². The number of rotatable bonds is 16. The summed E-state index contributed by atoms with van der Waals surface area (Å²) < 4.78 is 42.6. The van der Waals surface area contributed by atoms with Crippen molar-refractivity contribution < 1.29 is 32.2 Å². The molecule has 12 heteroatoms. The number of hydrogen-bond acceptors (Lipinski definition) is 9. The van der Waals surface area contributed by atoms with E-state index in [1.54, 1.807) is 55.5 Å². The molecule has 4 aromatic rings. The molecule has 0 fully saturated rings. The molecule has 48 heavy (non-hydrogen) atoms. The Kier molecular flexibility index (Phi) is 13.0. The third-order valence-electron chi connectivity index (χ3n) is 7.21. The van der Waals surface area contributed by atoms with Crippen molar-refractivity contribution in [2.45, 2.75) is 70.3 Å². The number of carbonyl (C=O) groups excluding carboxylic acids is 2. The van der Waals surface area contributed by atoms with Crippen LogP contribution in [0.3, 0.4) is 0 Å². The van der Waals surface area contributed by atoms with E-state index in [0.29, 0.717) is 53.6 Å². The van der Waals surface area contributed by atoms with Crippen LogP contribution in [0.4, 0.5) is 5.69 Å². The highest BCUT2D eigenvalue weighted by Crippen LogP contribution is 2.29. The molecule has 1 aromatic heterocycles. The fourth-order valence-electron chi connectivity index (χ4n) is 4.60. The first kappa shape index (κ1) is 36.9. The number of ether oxygens (including phenoxy) is 3. The first-order chi connectivity index (χ1) is 22.8. The first-order valence-electron chi connectivity index (χ1n) is 15.7. The van der Waals surface area contributed by atoms with Crippen molar-refractivity contribution in [3.63, 3.8) is 0 Å². The molecule has 0 aliphatic heterocycles. The predicted octanol–water partition coefficient (Wildman–Crippen LogP) is 8.05. The number of nitrogens with zero attached hydrogens (tertiary/aromatic N) is 1. The molecule has 0 aliphatic carbocycles. The Hall–Kier alpha value is -3.93. The van der Waals surface area contributed by atoms with Gasteiger partial charge in [-0.1, -0.05) is 44.5 Å². The molecule has 9 nitrogen and oxygen atoms in total. The molecule has 1 N–H and O–H groups in total. The van der Waals surface area contributed by atoms with Gasteiger partial charge in [-0.3, -0.25) is 9.59 Å². The molecule has 3 aromatic carbocycles. The van der Waals surface area contributed by atoms with Gasteiger partial charge in [-0.15, -0.1) is 11.3 Å². The highest BCUT2D eigenvalue weighted by Gasteiger charge is 2.18. The van der Waals surface area contributed by atoms with E-state index >= 15 is 0 Å². The van der Waals surface area contributed by atoms with Gasteiger partial charge in [-0.05, 0) is 86.3 Å². The van der Waals surface area contributed by atoms with Gasteiger partial charge in [0.2, 0.25) is 0 Å². The van der Waals surface area contributed by atoms with Crippen molar-refractivity contribution in [1.82, 2.24) is 4.98 Å². The number of nitrogens with one attached hydrogen (secondary N) is 1. The third-order valence-corrected chi connectivity index (χ3v) is 10.1. The second kappa shape index (κ2) is 16.9. The summed E-state index contributed by atoms with van der Waals surface area (Å²) in [6, 6.07) is 18.4. The minimum atomic E-state index is -3.48. The Bertz CT molecular complexity index is 1800. The van der Waals surface area contributed by atoms with E-state index in [1.807, 2.05) is 11.4 Å². The monoisotopic (exact) mass is 712 g/mol. The Labute approximate surface area is 291 Å². The normalized spacial score (nSPS) is 11.6. The van der Waals surface area contributed by atoms with Gasteiger partial charge < -0.3 is 19.5 Å². The molecular weight excluding hydrogens is 672 g/mol. The number of hydrogen-bond donors (Lipinski definition) is 1. The SMILES string of the molecule is CCOC(=O)CCCOc1ccc(CCCS(=O)(=O)c2ccc(Cl)cc2)cc1NC(=O)c1cccc(OCc2nc(C(C)(C)C)cs2)c1. The Morgan fingerprint density at radius 3 is 2.46 bits per heavy atom. The van der Waals surface area contributed by atoms with Crippen LogP contribution in [0.25, 0.3) is 0 Å². The van der Waals surface area contributed by atoms with Crippen molar-refractivity contribution in [3.05, 3.63) is 99.0 Å². The molecule has 0 unspecified atom stereocenters. The highest BCUT2D eigenvalue weighted by atomic mass is 35.5. The van der Waals surface area contributed by atoms with Gasteiger partial charge in [-0.2, -0.15) is 0 Å². The second-order valence-corrected chi connectivity index (χ2v) is 15.6. The van der Waals surface area contributed by atoms with Gasteiger partial charge >= 0.3 is 5.97 Å². The third kappa shape index (κ3) is 11.1. The number of anilines is 1. The molecule has 4 rings (SSSR count). The number of thiazole rings is 1. The molecule has 0 radical (unpaired) electrons. The average Bonchev–Trinajstić information content (AvgIpc) is 3.53. The zero-order chi connectivity index (χ0) is 34.7. The van der Waals surface area contributed by atoms with E-state index in [1.165, 1.54) is 23.5 Å². The lowest BCUT2D eigenvalue weighted by Crippen LogP contribution is -2.14. The lowest BCUT2D eigenvalue weighted by molar-refractivity contribution is -0.143. The number of carbonyl (C=O) groups is 2. The molecule has 0 spiro atoms. The van der Waals surface area contributed by atoms with Crippen molar-refractivity contribution in [1.29, 1.82) is 0 Å². The lowest BCUT2D eigenvalue weighted by Gasteiger charge is -2.15. The number of aromatic nitrogens is 1. The second-order valence-electron chi connectivity index (χ2n) is 12.1. The highest BCUT2D eigenvalue weighted by molar-refractivity contribution is 7.91. The number of halogens is 1. The molecule has 1 heterocycles. The number of amides is 1. The van der Waals surface area contributed by atoms with Crippen LogP contribution in [-0.4, -0.2) is 44.2 Å². The minimum absolute atomic E-state index is 0.0479. The van der Waals surface area contributed by atoms with Gasteiger partial charge in [0.15, 0.2) is 9.84 Å². The largest absolute Gasteiger partial charge is 0.491 e. The Balaban J connectivity index is 1.44. The number of aryl methyl sites for hydroxylation is 1. The number of benzene rings is 3. The summed E-state index contributed by atoms with van der Waals surface area (Å²) in [5.41, 5.74) is 2.59. The molecule has 0 saturated heterocycles. The van der Waals surface area contributed by atoms with Crippen LogP contribution in [0, 0.1) is 0 Å². The van der Waals surface area contributed by atoms with E-state index in [0.717, 1.165) is 16.3 Å². The predicted molar refractivity (Wildman–Crippen MR) is 189 cm³/mol.